The van der Waals surface area contributed by atoms with E-state index in [0.717, 1.165) is 13.0 Å². The fourth-order valence-corrected chi connectivity index (χ4v) is 4.10. The molecule has 1 unspecified atom stereocenters. The number of anilines is 1. The number of fused-ring (bicyclic) bond motifs is 1. The highest BCUT2D eigenvalue weighted by Crippen LogP contribution is 2.48. The second-order valence-corrected chi connectivity index (χ2v) is 6.68. The van der Waals surface area contributed by atoms with Gasteiger partial charge in [0.15, 0.2) is 0 Å². The van der Waals surface area contributed by atoms with E-state index in [4.69, 9.17) is 5.73 Å². The minimum Gasteiger partial charge on any atom is -0.397 e. The monoisotopic (exact) mass is 287 g/mol. The number of nitrogens with two attached hydrogens (primary N) is 1. The summed E-state index contributed by atoms with van der Waals surface area (Å²) in [5.41, 5.74) is 8.30. The van der Waals surface area contributed by atoms with Gasteiger partial charge < -0.3 is 15.6 Å². The summed E-state index contributed by atoms with van der Waals surface area (Å²) in [5, 5.41) is 2.15. The third kappa shape index (κ3) is 1.85. The molecule has 1 amide bonds. The predicted molar refractivity (Wildman–Crippen MR) is 79.7 cm³/mol. The van der Waals surface area contributed by atoms with E-state index in [1.54, 1.807) is 12.3 Å². The molecule has 1 aliphatic carbocycles. The molecule has 3 N–H and O–H groups in total. The van der Waals surface area contributed by atoms with Crippen LogP contribution in [0.15, 0.2) is 23.7 Å². The Kier molecular flexibility index (Phi) is 2.63. The predicted octanol–water partition coefficient (Wildman–Crippen LogP) is 2.81. The number of thiophene rings is 1. The molecule has 4 nitrogen and oxygen atoms in total. The number of H-pyrrole nitrogens is 1. The lowest BCUT2D eigenvalue weighted by Gasteiger charge is -2.36. The number of hydrogen-bond acceptors (Lipinski definition) is 3. The smallest absolute Gasteiger partial charge is 0.270 e. The van der Waals surface area contributed by atoms with E-state index in [1.807, 2.05) is 16.2 Å². The number of carbonyl (C=O) groups is 1. The quantitative estimate of drug-likeness (QED) is 0.892. The lowest BCUT2D eigenvalue weighted by Crippen LogP contribution is -2.40. The Hall–Kier alpha value is -1.75. The summed E-state index contributed by atoms with van der Waals surface area (Å²) >= 11 is 1.82. The number of carbonyl (C=O) groups excluding carboxylic acids is 1. The van der Waals surface area contributed by atoms with E-state index in [0.29, 0.717) is 17.3 Å². The van der Waals surface area contributed by atoms with Crippen LogP contribution in [0.5, 0.6) is 0 Å². The van der Waals surface area contributed by atoms with E-state index in [1.165, 1.54) is 23.3 Å². The molecule has 2 aromatic heterocycles. The van der Waals surface area contributed by atoms with Crippen molar-refractivity contribution in [3.63, 3.8) is 0 Å². The minimum absolute atomic E-state index is 0.0791. The zero-order valence-electron chi connectivity index (χ0n) is 11.1. The molecular formula is C15H17N3OS. The lowest BCUT2D eigenvalue weighted by molar-refractivity contribution is 0.0631. The van der Waals surface area contributed by atoms with Gasteiger partial charge >= 0.3 is 0 Å². The zero-order valence-corrected chi connectivity index (χ0v) is 12.0. The summed E-state index contributed by atoms with van der Waals surface area (Å²) < 4.78 is 0. The molecule has 0 aromatic carbocycles. The van der Waals surface area contributed by atoms with Crippen molar-refractivity contribution in [1.29, 1.82) is 0 Å². The first-order chi connectivity index (χ1) is 9.74. The Balaban J connectivity index is 1.69. The van der Waals surface area contributed by atoms with Gasteiger partial charge in [-0.1, -0.05) is 0 Å². The van der Waals surface area contributed by atoms with Crippen molar-refractivity contribution in [3.05, 3.63) is 39.8 Å². The average molecular weight is 287 g/mol. The summed E-state index contributed by atoms with van der Waals surface area (Å²) in [7, 11) is 0. The van der Waals surface area contributed by atoms with Gasteiger partial charge in [-0.2, -0.15) is 0 Å². The zero-order chi connectivity index (χ0) is 13.7. The number of amides is 1. The van der Waals surface area contributed by atoms with Crippen LogP contribution in [-0.4, -0.2) is 22.3 Å². The molecule has 1 fully saturated rings. The molecule has 0 saturated heterocycles. The number of nitrogen functional groups attached to an aromatic ring is 1. The molecule has 3 heterocycles. The molecule has 20 heavy (non-hydrogen) atoms. The molecule has 1 atom stereocenters. The highest BCUT2D eigenvalue weighted by atomic mass is 32.1. The van der Waals surface area contributed by atoms with Gasteiger partial charge in [-0.05, 0) is 48.3 Å². The van der Waals surface area contributed by atoms with Gasteiger partial charge in [0.05, 0.1) is 6.04 Å². The Morgan fingerprint density at radius 2 is 2.30 bits per heavy atom. The lowest BCUT2D eigenvalue weighted by atomic mass is 9.95. The highest BCUT2D eigenvalue weighted by molar-refractivity contribution is 7.10. The SMILES string of the molecule is Nc1c[nH]c(C(=O)N2CCc3sccc3C2C2CC2)c1. The molecule has 2 aliphatic rings. The maximum Gasteiger partial charge on any atom is 0.270 e. The first-order valence-electron chi connectivity index (χ1n) is 7.05. The standard InChI is InChI=1S/C15H17N3OS/c16-10-7-12(17-8-10)15(19)18-5-3-13-11(4-6-20-13)14(18)9-1-2-9/h4,6-9,14,17H,1-3,5,16H2. The van der Waals surface area contributed by atoms with Gasteiger partial charge in [-0.3, -0.25) is 4.79 Å². The molecule has 0 radical (unpaired) electrons. The normalized spacial score (nSPS) is 21.8. The van der Waals surface area contributed by atoms with Crippen molar-refractivity contribution in [1.82, 2.24) is 9.88 Å². The Morgan fingerprint density at radius 1 is 1.45 bits per heavy atom. The van der Waals surface area contributed by atoms with Crippen molar-refractivity contribution in [3.8, 4) is 0 Å². The van der Waals surface area contributed by atoms with Crippen molar-refractivity contribution in [2.75, 3.05) is 12.3 Å². The maximum atomic E-state index is 12.7. The first kappa shape index (κ1) is 12.0. The van der Waals surface area contributed by atoms with Gasteiger partial charge in [-0.25, -0.2) is 0 Å². The molecule has 0 spiro atoms. The minimum atomic E-state index is 0.0791. The van der Waals surface area contributed by atoms with E-state index < -0.39 is 0 Å². The second kappa shape index (κ2) is 4.38. The van der Waals surface area contributed by atoms with E-state index in [2.05, 4.69) is 16.4 Å². The fraction of sp³-hybridized carbons (Fsp3) is 0.400. The van der Waals surface area contributed by atoms with Crippen LogP contribution in [0.1, 0.15) is 39.8 Å². The largest absolute Gasteiger partial charge is 0.397 e. The Bertz CT molecular complexity index is 656. The number of aromatic amines is 1. The van der Waals surface area contributed by atoms with Crippen molar-refractivity contribution in [2.45, 2.75) is 25.3 Å². The third-order valence-electron chi connectivity index (χ3n) is 4.28. The topological polar surface area (TPSA) is 62.1 Å². The van der Waals surface area contributed by atoms with Gasteiger partial charge in [0.25, 0.3) is 5.91 Å². The molecule has 5 heteroatoms. The fourth-order valence-electron chi connectivity index (χ4n) is 3.18. The number of rotatable bonds is 2. The van der Waals surface area contributed by atoms with Crippen LogP contribution < -0.4 is 5.73 Å². The molecule has 104 valence electrons. The third-order valence-corrected chi connectivity index (χ3v) is 5.28. The van der Waals surface area contributed by atoms with Gasteiger partial charge in [0.2, 0.25) is 0 Å². The summed E-state index contributed by atoms with van der Waals surface area (Å²) in [5.74, 6) is 0.718. The Morgan fingerprint density at radius 3 is 3.00 bits per heavy atom. The molecule has 4 rings (SSSR count). The first-order valence-corrected chi connectivity index (χ1v) is 7.93. The number of aromatic nitrogens is 1. The molecule has 1 saturated carbocycles. The molecule has 0 bridgehead atoms. The van der Waals surface area contributed by atoms with Crippen molar-refractivity contribution < 1.29 is 4.79 Å². The van der Waals surface area contributed by atoms with Gasteiger partial charge in [0, 0.05) is 23.3 Å². The maximum absolute atomic E-state index is 12.7. The molecule has 1 aliphatic heterocycles. The summed E-state index contributed by atoms with van der Waals surface area (Å²) in [6.45, 7) is 0.812. The number of hydrogen-bond donors (Lipinski definition) is 2. The number of nitrogens with zero attached hydrogens (tertiary/aromatic N) is 1. The van der Waals surface area contributed by atoms with Crippen LogP contribution in [-0.2, 0) is 6.42 Å². The Labute approximate surface area is 121 Å². The van der Waals surface area contributed by atoms with E-state index >= 15 is 0 Å². The number of nitrogens with one attached hydrogen (secondary N) is 1. The van der Waals surface area contributed by atoms with E-state index in [9.17, 15) is 4.79 Å². The van der Waals surface area contributed by atoms with Crippen molar-refractivity contribution in [2.24, 2.45) is 5.92 Å². The van der Waals surface area contributed by atoms with Crippen LogP contribution in [0.3, 0.4) is 0 Å². The average Bonchev–Trinajstić information content (AvgIpc) is 3.00. The summed E-state index contributed by atoms with van der Waals surface area (Å²) in [6, 6.07) is 4.20. The van der Waals surface area contributed by atoms with E-state index in [-0.39, 0.29) is 11.9 Å². The van der Waals surface area contributed by atoms with Crippen LogP contribution >= 0.6 is 11.3 Å². The van der Waals surface area contributed by atoms with Crippen LogP contribution in [0, 0.1) is 5.92 Å². The molecular weight excluding hydrogens is 270 g/mol. The summed E-state index contributed by atoms with van der Waals surface area (Å²) in [4.78, 5) is 19.2. The van der Waals surface area contributed by atoms with Crippen LogP contribution in [0.25, 0.3) is 0 Å². The van der Waals surface area contributed by atoms with Gasteiger partial charge in [0.1, 0.15) is 5.69 Å². The summed E-state index contributed by atoms with van der Waals surface area (Å²) in [6.07, 6.45) is 5.12. The highest BCUT2D eigenvalue weighted by Gasteiger charge is 2.42. The second-order valence-electron chi connectivity index (χ2n) is 5.68. The molecule has 2 aromatic rings. The van der Waals surface area contributed by atoms with Gasteiger partial charge in [-0.15, -0.1) is 11.3 Å². The van der Waals surface area contributed by atoms with Crippen molar-refractivity contribution >= 4 is 22.9 Å². The van der Waals surface area contributed by atoms with Crippen LogP contribution in [0.4, 0.5) is 5.69 Å². The van der Waals surface area contributed by atoms with Crippen LogP contribution in [0.2, 0.25) is 0 Å².